The van der Waals surface area contributed by atoms with Gasteiger partial charge in [-0.05, 0) is 54.7 Å². The molecule has 8 heteroatoms. The van der Waals surface area contributed by atoms with E-state index in [0.717, 1.165) is 30.1 Å². The molecular formula is C26H35N3O4S. The third kappa shape index (κ3) is 5.18. The number of hydrogen-bond donors (Lipinski definition) is 1. The van der Waals surface area contributed by atoms with Crippen LogP contribution < -0.4 is 14.8 Å². The van der Waals surface area contributed by atoms with Gasteiger partial charge in [0.05, 0.1) is 26.2 Å². The van der Waals surface area contributed by atoms with Gasteiger partial charge in [-0.25, -0.2) is 0 Å². The Balaban J connectivity index is 2.06. The Labute approximate surface area is 206 Å². The summed E-state index contributed by atoms with van der Waals surface area (Å²) in [6, 6.07) is 11.1. The number of benzene rings is 2. The molecule has 3 rings (SSSR count). The van der Waals surface area contributed by atoms with Gasteiger partial charge in [-0.1, -0.05) is 26.0 Å². The molecule has 2 atom stereocenters. The Morgan fingerprint density at radius 3 is 2.26 bits per heavy atom. The summed E-state index contributed by atoms with van der Waals surface area (Å²) in [6.45, 7) is 7.38. The summed E-state index contributed by atoms with van der Waals surface area (Å²) in [7, 11) is 4.85. The van der Waals surface area contributed by atoms with E-state index in [2.05, 4.69) is 24.1 Å². The zero-order valence-electron chi connectivity index (χ0n) is 20.9. The van der Waals surface area contributed by atoms with Crippen LogP contribution in [-0.4, -0.2) is 75.3 Å². The SMILES string of the molecule is CCN(CC)CCNC(=O)C1c2cc(OC)c(OC)cc2C(=O)N(C)C1c1ccc(SC)cc1. The Kier molecular flexibility index (Phi) is 8.85. The summed E-state index contributed by atoms with van der Waals surface area (Å²) < 4.78 is 10.9. The third-order valence-corrected chi connectivity index (χ3v) is 7.28. The van der Waals surface area contributed by atoms with Crippen LogP contribution in [0.4, 0.5) is 0 Å². The maximum Gasteiger partial charge on any atom is 0.254 e. The van der Waals surface area contributed by atoms with E-state index in [1.165, 1.54) is 7.11 Å². The van der Waals surface area contributed by atoms with Gasteiger partial charge in [0.1, 0.15) is 0 Å². The number of hydrogen-bond acceptors (Lipinski definition) is 6. The number of rotatable bonds is 10. The highest BCUT2D eigenvalue weighted by Gasteiger charge is 2.43. The molecule has 0 aromatic heterocycles. The van der Waals surface area contributed by atoms with Crippen molar-refractivity contribution in [1.82, 2.24) is 15.1 Å². The highest BCUT2D eigenvalue weighted by Crippen LogP contribution is 2.45. The van der Waals surface area contributed by atoms with Crippen molar-refractivity contribution >= 4 is 23.6 Å². The van der Waals surface area contributed by atoms with Crippen molar-refractivity contribution in [2.75, 3.05) is 53.7 Å². The number of ether oxygens (including phenoxy) is 2. The largest absolute Gasteiger partial charge is 0.493 e. The lowest BCUT2D eigenvalue weighted by molar-refractivity contribution is -0.124. The van der Waals surface area contributed by atoms with E-state index in [1.807, 2.05) is 30.5 Å². The normalized spacial score (nSPS) is 17.5. The average Bonchev–Trinajstić information content (AvgIpc) is 2.87. The second-order valence-electron chi connectivity index (χ2n) is 8.22. The van der Waals surface area contributed by atoms with E-state index in [1.54, 1.807) is 43.0 Å². The van der Waals surface area contributed by atoms with Crippen molar-refractivity contribution in [3.63, 3.8) is 0 Å². The molecule has 1 aliphatic rings. The van der Waals surface area contributed by atoms with E-state index in [0.29, 0.717) is 29.2 Å². The summed E-state index contributed by atoms with van der Waals surface area (Å²) in [4.78, 5) is 32.2. The molecule has 0 saturated carbocycles. The van der Waals surface area contributed by atoms with Crippen molar-refractivity contribution in [3.8, 4) is 11.5 Å². The van der Waals surface area contributed by atoms with Crippen LogP contribution in [0.3, 0.4) is 0 Å². The molecule has 1 aliphatic heterocycles. The zero-order chi connectivity index (χ0) is 24.8. The van der Waals surface area contributed by atoms with E-state index < -0.39 is 12.0 Å². The number of methoxy groups -OCH3 is 2. The number of carbonyl (C=O) groups is 2. The minimum atomic E-state index is -0.589. The van der Waals surface area contributed by atoms with Crippen molar-refractivity contribution in [1.29, 1.82) is 0 Å². The minimum absolute atomic E-state index is 0.112. The standard InChI is InChI=1S/C26H35N3O4S/c1-7-29(8-2)14-13-27-25(30)23-19-15-21(32-4)22(33-5)16-20(19)26(31)28(3)24(23)17-9-11-18(34-6)12-10-17/h9-12,15-16,23-24H,7-8,13-14H2,1-6H3,(H,27,30). The van der Waals surface area contributed by atoms with Crippen LogP contribution in [0.5, 0.6) is 11.5 Å². The van der Waals surface area contributed by atoms with Crippen LogP contribution in [0.15, 0.2) is 41.3 Å². The molecule has 34 heavy (non-hydrogen) atoms. The number of carbonyl (C=O) groups excluding carboxylic acids is 2. The molecule has 0 aliphatic carbocycles. The van der Waals surface area contributed by atoms with Crippen molar-refractivity contribution in [2.24, 2.45) is 0 Å². The fourth-order valence-electron chi connectivity index (χ4n) is 4.54. The maximum absolute atomic E-state index is 13.7. The Morgan fingerprint density at radius 2 is 1.71 bits per heavy atom. The number of nitrogens with zero attached hydrogens (tertiary/aromatic N) is 2. The molecule has 2 amide bonds. The molecule has 2 unspecified atom stereocenters. The van der Waals surface area contributed by atoms with Crippen LogP contribution in [0.25, 0.3) is 0 Å². The molecule has 0 bridgehead atoms. The fourth-order valence-corrected chi connectivity index (χ4v) is 4.94. The third-order valence-electron chi connectivity index (χ3n) is 6.54. The zero-order valence-corrected chi connectivity index (χ0v) is 21.7. The number of likely N-dealkylation sites (N-methyl/N-ethyl adjacent to an activating group) is 2. The molecule has 184 valence electrons. The van der Waals surface area contributed by atoms with Gasteiger partial charge < -0.3 is 24.6 Å². The monoisotopic (exact) mass is 485 g/mol. The number of thioether (sulfide) groups is 1. The van der Waals surface area contributed by atoms with Gasteiger partial charge in [-0.15, -0.1) is 11.8 Å². The van der Waals surface area contributed by atoms with Crippen LogP contribution in [-0.2, 0) is 4.79 Å². The molecule has 0 radical (unpaired) electrons. The Hall–Kier alpha value is -2.71. The quantitative estimate of drug-likeness (QED) is 0.517. The lowest BCUT2D eigenvalue weighted by Gasteiger charge is -2.40. The van der Waals surface area contributed by atoms with Crippen molar-refractivity contribution < 1.29 is 19.1 Å². The molecule has 1 heterocycles. The van der Waals surface area contributed by atoms with Gasteiger partial charge in [-0.3, -0.25) is 9.59 Å². The summed E-state index contributed by atoms with van der Waals surface area (Å²) in [6.07, 6.45) is 2.02. The van der Waals surface area contributed by atoms with Crippen LogP contribution in [0.1, 0.15) is 47.3 Å². The van der Waals surface area contributed by atoms with Crippen LogP contribution in [0.2, 0.25) is 0 Å². The van der Waals surface area contributed by atoms with E-state index in [4.69, 9.17) is 9.47 Å². The summed E-state index contributed by atoms with van der Waals surface area (Å²) in [5, 5.41) is 3.12. The van der Waals surface area contributed by atoms with Gasteiger partial charge in [-0.2, -0.15) is 0 Å². The van der Waals surface area contributed by atoms with Gasteiger partial charge >= 0.3 is 0 Å². The predicted octanol–water partition coefficient (Wildman–Crippen LogP) is 3.79. The molecule has 0 saturated heterocycles. The van der Waals surface area contributed by atoms with Gasteiger partial charge in [0.15, 0.2) is 11.5 Å². The highest BCUT2D eigenvalue weighted by atomic mass is 32.2. The average molecular weight is 486 g/mol. The topological polar surface area (TPSA) is 71.1 Å². The first-order valence-electron chi connectivity index (χ1n) is 11.6. The molecule has 2 aromatic carbocycles. The van der Waals surface area contributed by atoms with Crippen LogP contribution >= 0.6 is 11.8 Å². The first kappa shape index (κ1) is 25.9. The highest BCUT2D eigenvalue weighted by molar-refractivity contribution is 7.98. The molecule has 0 fully saturated rings. The predicted molar refractivity (Wildman–Crippen MR) is 136 cm³/mol. The summed E-state index contributed by atoms with van der Waals surface area (Å²) in [5.41, 5.74) is 2.03. The Morgan fingerprint density at radius 1 is 1.09 bits per heavy atom. The second kappa shape index (κ2) is 11.6. The Bertz CT molecular complexity index is 1010. The molecule has 1 N–H and O–H groups in total. The fraction of sp³-hybridized carbons (Fsp3) is 0.462. The maximum atomic E-state index is 13.7. The molecule has 7 nitrogen and oxygen atoms in total. The van der Waals surface area contributed by atoms with E-state index >= 15 is 0 Å². The van der Waals surface area contributed by atoms with E-state index in [9.17, 15) is 9.59 Å². The van der Waals surface area contributed by atoms with Crippen LogP contribution in [0, 0.1) is 0 Å². The molecular weight excluding hydrogens is 450 g/mol. The van der Waals surface area contributed by atoms with Gasteiger partial charge in [0.25, 0.3) is 5.91 Å². The van der Waals surface area contributed by atoms with Gasteiger partial charge in [0, 0.05) is 30.6 Å². The smallest absolute Gasteiger partial charge is 0.254 e. The first-order chi connectivity index (χ1) is 16.4. The minimum Gasteiger partial charge on any atom is -0.493 e. The van der Waals surface area contributed by atoms with E-state index in [-0.39, 0.29) is 11.8 Å². The summed E-state index contributed by atoms with van der Waals surface area (Å²) >= 11 is 1.65. The number of amides is 2. The first-order valence-corrected chi connectivity index (χ1v) is 12.8. The second-order valence-corrected chi connectivity index (χ2v) is 9.10. The lowest BCUT2D eigenvalue weighted by Crippen LogP contribution is -2.46. The summed E-state index contributed by atoms with van der Waals surface area (Å²) in [5.74, 6) is 0.109. The molecule has 2 aromatic rings. The number of fused-ring (bicyclic) bond motifs is 1. The van der Waals surface area contributed by atoms with Crippen molar-refractivity contribution in [3.05, 3.63) is 53.1 Å². The van der Waals surface area contributed by atoms with Gasteiger partial charge in [0.2, 0.25) is 5.91 Å². The van der Waals surface area contributed by atoms with Crippen molar-refractivity contribution in [2.45, 2.75) is 30.7 Å². The molecule has 0 spiro atoms. The number of nitrogens with one attached hydrogen (secondary N) is 1. The lowest BCUT2D eigenvalue weighted by atomic mass is 9.79.